The maximum atomic E-state index is 5.67. The van der Waals surface area contributed by atoms with Crippen LogP contribution in [0, 0.1) is 0 Å². The van der Waals surface area contributed by atoms with Crippen LogP contribution in [0.1, 0.15) is 31.9 Å². The topological polar surface area (TPSA) is 67.8 Å². The van der Waals surface area contributed by atoms with Gasteiger partial charge < -0.3 is 20.1 Å². The Morgan fingerprint density at radius 2 is 1.85 bits per heavy atom. The molecule has 0 spiro atoms. The lowest BCUT2D eigenvalue weighted by molar-refractivity contribution is 0.326. The van der Waals surface area contributed by atoms with Crippen molar-refractivity contribution in [3.05, 3.63) is 53.7 Å². The van der Waals surface area contributed by atoms with E-state index >= 15 is 0 Å². The molecule has 6 heteroatoms. The van der Waals surface area contributed by atoms with Crippen LogP contribution < -0.4 is 20.1 Å². The van der Waals surface area contributed by atoms with E-state index in [4.69, 9.17) is 9.47 Å². The Bertz CT molecular complexity index is 704. The summed E-state index contributed by atoms with van der Waals surface area (Å²) in [5, 5.41) is 6.62. The molecule has 6 nitrogen and oxygen atoms in total. The zero-order valence-corrected chi connectivity index (χ0v) is 15.8. The second-order valence-corrected chi connectivity index (χ2v) is 5.52. The molecule has 0 atom stereocenters. The molecule has 2 rings (SSSR count). The number of hydrogen-bond acceptors (Lipinski definition) is 4. The molecule has 0 bridgehead atoms. The summed E-state index contributed by atoms with van der Waals surface area (Å²) in [5.41, 5.74) is 2.15. The number of nitrogens with zero attached hydrogens (tertiary/aromatic N) is 2. The van der Waals surface area contributed by atoms with Crippen molar-refractivity contribution in [3.8, 4) is 11.6 Å². The van der Waals surface area contributed by atoms with E-state index < -0.39 is 0 Å². The lowest BCUT2D eigenvalue weighted by Gasteiger charge is -2.14. The molecular weight excluding hydrogens is 328 g/mol. The van der Waals surface area contributed by atoms with Crippen LogP contribution in [-0.2, 0) is 13.1 Å². The molecule has 2 aromatic rings. The highest BCUT2D eigenvalue weighted by molar-refractivity contribution is 5.79. The summed E-state index contributed by atoms with van der Waals surface area (Å²) in [6.07, 6.45) is 1.74. The summed E-state index contributed by atoms with van der Waals surface area (Å²) in [5.74, 6) is 2.28. The standard InChI is InChI=1S/C20H28N4O2/c1-4-21-20(23-14-16-11-12-22-19(13-16)26-6-3)24-15-17-9-7-8-10-18(17)25-5-2/h7-13H,4-6,14-15H2,1-3H3,(H2,21,23,24). The van der Waals surface area contributed by atoms with Gasteiger partial charge in [-0.15, -0.1) is 0 Å². The van der Waals surface area contributed by atoms with Gasteiger partial charge in [-0.2, -0.15) is 0 Å². The van der Waals surface area contributed by atoms with Crippen LogP contribution in [-0.4, -0.2) is 30.7 Å². The molecule has 2 N–H and O–H groups in total. The molecule has 0 saturated heterocycles. The lowest BCUT2D eigenvalue weighted by atomic mass is 10.2. The fourth-order valence-corrected chi connectivity index (χ4v) is 2.41. The van der Waals surface area contributed by atoms with Crippen LogP contribution in [0.3, 0.4) is 0 Å². The minimum absolute atomic E-state index is 0.547. The number of para-hydroxylation sites is 1. The summed E-state index contributed by atoms with van der Waals surface area (Å²) in [6.45, 7) is 9.21. The molecule has 0 fully saturated rings. The smallest absolute Gasteiger partial charge is 0.213 e. The van der Waals surface area contributed by atoms with E-state index in [2.05, 4.69) is 26.7 Å². The number of rotatable bonds is 9. The molecule has 0 aliphatic carbocycles. The van der Waals surface area contributed by atoms with Crippen molar-refractivity contribution in [3.63, 3.8) is 0 Å². The van der Waals surface area contributed by atoms with Crippen LogP contribution in [0.2, 0.25) is 0 Å². The van der Waals surface area contributed by atoms with E-state index in [1.54, 1.807) is 6.20 Å². The summed E-state index contributed by atoms with van der Waals surface area (Å²) in [6, 6.07) is 11.9. The van der Waals surface area contributed by atoms with Gasteiger partial charge in [0, 0.05) is 30.9 Å². The maximum Gasteiger partial charge on any atom is 0.213 e. The van der Waals surface area contributed by atoms with Gasteiger partial charge in [-0.1, -0.05) is 18.2 Å². The quantitative estimate of drug-likeness (QED) is 0.534. The van der Waals surface area contributed by atoms with E-state index in [9.17, 15) is 0 Å². The number of aliphatic imine (C=N–C) groups is 1. The number of benzene rings is 1. The second-order valence-electron chi connectivity index (χ2n) is 5.52. The Morgan fingerprint density at radius 1 is 1.04 bits per heavy atom. The molecule has 1 aromatic carbocycles. The number of aromatic nitrogens is 1. The van der Waals surface area contributed by atoms with Gasteiger partial charge in [0.05, 0.1) is 19.8 Å². The maximum absolute atomic E-state index is 5.67. The zero-order chi connectivity index (χ0) is 18.6. The molecular formula is C20H28N4O2. The van der Waals surface area contributed by atoms with Gasteiger partial charge in [0.25, 0.3) is 0 Å². The SMILES string of the molecule is CCNC(=NCc1ccnc(OCC)c1)NCc1ccccc1OCC. The van der Waals surface area contributed by atoms with Crippen molar-refractivity contribution in [1.29, 1.82) is 0 Å². The van der Waals surface area contributed by atoms with Crippen molar-refractivity contribution in [2.75, 3.05) is 19.8 Å². The first-order chi connectivity index (χ1) is 12.8. The minimum Gasteiger partial charge on any atom is -0.494 e. The Hall–Kier alpha value is -2.76. The molecule has 0 aliphatic heterocycles. The molecule has 1 aromatic heterocycles. The first-order valence-corrected chi connectivity index (χ1v) is 9.07. The summed E-state index contributed by atoms with van der Waals surface area (Å²) in [4.78, 5) is 8.83. The minimum atomic E-state index is 0.547. The molecule has 0 saturated carbocycles. The fourth-order valence-electron chi connectivity index (χ4n) is 2.41. The normalized spacial score (nSPS) is 11.1. The third-order valence-electron chi connectivity index (χ3n) is 3.57. The Balaban J connectivity index is 2.02. The van der Waals surface area contributed by atoms with Gasteiger partial charge in [-0.3, -0.25) is 0 Å². The molecule has 140 valence electrons. The summed E-state index contributed by atoms with van der Waals surface area (Å²) >= 11 is 0. The number of ether oxygens (including phenoxy) is 2. The Kier molecular flexibility index (Phi) is 8.26. The first-order valence-electron chi connectivity index (χ1n) is 9.07. The molecule has 26 heavy (non-hydrogen) atoms. The lowest BCUT2D eigenvalue weighted by Crippen LogP contribution is -2.36. The number of guanidine groups is 1. The fraction of sp³-hybridized carbons (Fsp3) is 0.400. The van der Waals surface area contributed by atoms with Crippen LogP contribution in [0.4, 0.5) is 0 Å². The van der Waals surface area contributed by atoms with Gasteiger partial charge >= 0.3 is 0 Å². The first kappa shape index (κ1) is 19.6. The van der Waals surface area contributed by atoms with Gasteiger partial charge in [0.2, 0.25) is 5.88 Å². The number of hydrogen-bond donors (Lipinski definition) is 2. The van der Waals surface area contributed by atoms with Crippen molar-refractivity contribution in [1.82, 2.24) is 15.6 Å². The van der Waals surface area contributed by atoms with Crippen molar-refractivity contribution in [2.24, 2.45) is 4.99 Å². The van der Waals surface area contributed by atoms with E-state index in [0.717, 1.165) is 29.4 Å². The predicted octanol–water partition coefficient (Wildman–Crippen LogP) is 3.13. The van der Waals surface area contributed by atoms with E-state index in [0.29, 0.717) is 32.2 Å². The number of pyridine rings is 1. The third kappa shape index (κ3) is 6.27. The van der Waals surface area contributed by atoms with Gasteiger partial charge in [0.15, 0.2) is 5.96 Å². The second kappa shape index (κ2) is 11.0. The van der Waals surface area contributed by atoms with E-state index in [1.807, 2.05) is 51.1 Å². The Labute approximate surface area is 155 Å². The largest absolute Gasteiger partial charge is 0.494 e. The molecule has 0 amide bonds. The van der Waals surface area contributed by atoms with Gasteiger partial charge in [0.1, 0.15) is 5.75 Å². The van der Waals surface area contributed by atoms with Crippen LogP contribution >= 0.6 is 0 Å². The van der Waals surface area contributed by atoms with Crippen LogP contribution in [0.5, 0.6) is 11.6 Å². The highest BCUT2D eigenvalue weighted by Crippen LogP contribution is 2.17. The van der Waals surface area contributed by atoms with Gasteiger partial charge in [-0.25, -0.2) is 9.98 Å². The monoisotopic (exact) mass is 356 g/mol. The van der Waals surface area contributed by atoms with E-state index in [1.165, 1.54) is 0 Å². The molecule has 1 heterocycles. The van der Waals surface area contributed by atoms with Crippen molar-refractivity contribution in [2.45, 2.75) is 33.9 Å². The molecule has 0 aliphatic rings. The van der Waals surface area contributed by atoms with Crippen LogP contribution in [0.15, 0.2) is 47.6 Å². The van der Waals surface area contributed by atoms with E-state index in [-0.39, 0.29) is 0 Å². The van der Waals surface area contributed by atoms with Gasteiger partial charge in [-0.05, 0) is 38.5 Å². The predicted molar refractivity (Wildman–Crippen MR) is 105 cm³/mol. The molecule has 0 unspecified atom stereocenters. The van der Waals surface area contributed by atoms with Crippen molar-refractivity contribution >= 4 is 5.96 Å². The number of nitrogens with one attached hydrogen (secondary N) is 2. The highest BCUT2D eigenvalue weighted by Gasteiger charge is 2.04. The highest BCUT2D eigenvalue weighted by atomic mass is 16.5. The zero-order valence-electron chi connectivity index (χ0n) is 15.8. The molecule has 0 radical (unpaired) electrons. The third-order valence-corrected chi connectivity index (χ3v) is 3.57. The Morgan fingerprint density at radius 3 is 2.62 bits per heavy atom. The summed E-state index contributed by atoms with van der Waals surface area (Å²) in [7, 11) is 0. The van der Waals surface area contributed by atoms with Crippen molar-refractivity contribution < 1.29 is 9.47 Å². The average Bonchev–Trinajstić information content (AvgIpc) is 2.66. The van der Waals surface area contributed by atoms with Crippen LogP contribution in [0.25, 0.3) is 0 Å². The summed E-state index contributed by atoms with van der Waals surface area (Å²) < 4.78 is 11.1. The average molecular weight is 356 g/mol.